The molecule has 0 radical (unpaired) electrons. The maximum atomic E-state index is 12.6. The van der Waals surface area contributed by atoms with Gasteiger partial charge in [0.15, 0.2) is 10.9 Å². The molecule has 124 valence electrons. The van der Waals surface area contributed by atoms with Crippen molar-refractivity contribution >= 4 is 33.3 Å². The quantitative estimate of drug-likeness (QED) is 0.769. The highest BCUT2D eigenvalue weighted by Gasteiger charge is 2.21. The lowest BCUT2D eigenvalue weighted by molar-refractivity contribution is 0.0998. The van der Waals surface area contributed by atoms with Gasteiger partial charge in [-0.25, -0.2) is 4.98 Å². The van der Waals surface area contributed by atoms with Crippen LogP contribution in [-0.2, 0) is 12.8 Å². The third-order valence-corrected chi connectivity index (χ3v) is 5.49. The molecule has 0 atom stereocenters. The number of furan rings is 1. The van der Waals surface area contributed by atoms with Crippen LogP contribution in [0.4, 0.5) is 5.13 Å². The van der Waals surface area contributed by atoms with Gasteiger partial charge in [0.25, 0.3) is 5.91 Å². The molecule has 6 heteroatoms. The Morgan fingerprint density at radius 2 is 2.17 bits per heavy atom. The number of benzene rings is 1. The van der Waals surface area contributed by atoms with Crippen LogP contribution in [0.1, 0.15) is 39.5 Å². The predicted molar refractivity (Wildman–Crippen MR) is 94.2 cm³/mol. The highest BCUT2D eigenvalue weighted by atomic mass is 32.1. The summed E-state index contributed by atoms with van der Waals surface area (Å²) in [4.78, 5) is 18.4. The molecule has 4 rings (SSSR count). The van der Waals surface area contributed by atoms with Crippen molar-refractivity contribution in [3.05, 3.63) is 40.1 Å². The van der Waals surface area contributed by atoms with Crippen LogP contribution in [0.25, 0.3) is 11.0 Å². The van der Waals surface area contributed by atoms with Gasteiger partial charge in [-0.3, -0.25) is 10.1 Å². The Bertz CT molecular complexity index is 902. The molecule has 0 fully saturated rings. The minimum Gasteiger partial charge on any atom is -0.497 e. The van der Waals surface area contributed by atoms with Crippen LogP contribution in [0.2, 0.25) is 0 Å². The van der Waals surface area contributed by atoms with E-state index < -0.39 is 0 Å². The lowest BCUT2D eigenvalue weighted by Gasteiger charge is -2.06. The van der Waals surface area contributed by atoms with E-state index >= 15 is 0 Å². The van der Waals surface area contributed by atoms with Crippen molar-refractivity contribution in [2.75, 3.05) is 12.4 Å². The number of carbonyl (C=O) groups is 1. The summed E-state index contributed by atoms with van der Waals surface area (Å²) in [5.74, 6) is 0.811. The normalized spacial score (nSPS) is 13.8. The first-order valence-electron chi connectivity index (χ1n) is 8.03. The molecule has 2 heterocycles. The average Bonchev–Trinajstić information content (AvgIpc) is 3.15. The molecule has 0 saturated heterocycles. The Hall–Kier alpha value is -2.34. The van der Waals surface area contributed by atoms with Crippen molar-refractivity contribution in [3.63, 3.8) is 0 Å². The number of anilines is 1. The maximum absolute atomic E-state index is 12.6. The third kappa shape index (κ3) is 2.57. The standard InChI is InChI=1S/C18H18N2O3S/c1-10-12-9-11(22-2)7-8-14(12)23-16(10)17(21)20-18-19-13-5-3-4-6-15(13)24-18/h7-9H,3-6H2,1-2H3,(H,19,20,21). The molecule has 3 aromatic rings. The van der Waals surface area contributed by atoms with Gasteiger partial charge < -0.3 is 9.15 Å². The van der Waals surface area contributed by atoms with Crippen LogP contribution < -0.4 is 10.1 Å². The zero-order valence-corrected chi connectivity index (χ0v) is 14.5. The summed E-state index contributed by atoms with van der Waals surface area (Å²) in [6.45, 7) is 1.88. The Balaban J connectivity index is 1.63. The highest BCUT2D eigenvalue weighted by molar-refractivity contribution is 7.15. The van der Waals surface area contributed by atoms with E-state index in [-0.39, 0.29) is 5.91 Å². The zero-order valence-electron chi connectivity index (χ0n) is 13.6. The summed E-state index contributed by atoms with van der Waals surface area (Å²) in [5.41, 5.74) is 2.62. The number of nitrogens with zero attached hydrogens (tertiary/aromatic N) is 1. The third-order valence-electron chi connectivity index (χ3n) is 4.42. The number of ether oxygens (including phenoxy) is 1. The first kappa shape index (κ1) is 15.2. The van der Waals surface area contributed by atoms with Gasteiger partial charge in [-0.05, 0) is 50.8 Å². The fraction of sp³-hybridized carbons (Fsp3) is 0.333. The van der Waals surface area contributed by atoms with Crippen molar-refractivity contribution in [3.8, 4) is 5.75 Å². The number of methoxy groups -OCH3 is 1. The van der Waals surface area contributed by atoms with Gasteiger partial charge in [-0.2, -0.15) is 0 Å². The van der Waals surface area contributed by atoms with Crippen LogP contribution >= 0.6 is 11.3 Å². The molecule has 1 aliphatic carbocycles. The second-order valence-corrected chi connectivity index (χ2v) is 7.05. The van der Waals surface area contributed by atoms with Crippen LogP contribution in [-0.4, -0.2) is 18.0 Å². The number of thiazole rings is 1. The molecular weight excluding hydrogens is 324 g/mol. The average molecular weight is 342 g/mol. The molecule has 1 aliphatic rings. The molecule has 0 aliphatic heterocycles. The number of aromatic nitrogens is 1. The Morgan fingerprint density at radius 3 is 2.96 bits per heavy atom. The van der Waals surface area contributed by atoms with Gasteiger partial charge in [0.1, 0.15) is 11.3 Å². The number of amides is 1. The molecule has 0 spiro atoms. The summed E-state index contributed by atoms with van der Waals surface area (Å²) in [6, 6.07) is 5.52. The summed E-state index contributed by atoms with van der Waals surface area (Å²) >= 11 is 1.57. The van der Waals surface area contributed by atoms with Gasteiger partial charge in [0, 0.05) is 15.8 Å². The second-order valence-electron chi connectivity index (χ2n) is 5.97. The lowest BCUT2D eigenvalue weighted by atomic mass is 10.0. The highest BCUT2D eigenvalue weighted by Crippen LogP contribution is 2.32. The van der Waals surface area contributed by atoms with Gasteiger partial charge in [0.05, 0.1) is 12.8 Å². The second kappa shape index (κ2) is 5.94. The summed E-state index contributed by atoms with van der Waals surface area (Å²) in [7, 11) is 1.62. The smallest absolute Gasteiger partial charge is 0.293 e. The molecule has 2 aromatic heterocycles. The topological polar surface area (TPSA) is 64.4 Å². The summed E-state index contributed by atoms with van der Waals surface area (Å²) in [6.07, 6.45) is 4.44. The van der Waals surface area contributed by atoms with E-state index in [1.807, 2.05) is 25.1 Å². The van der Waals surface area contributed by atoms with Crippen molar-refractivity contribution in [2.45, 2.75) is 32.6 Å². The molecule has 0 bridgehead atoms. The first-order chi connectivity index (χ1) is 11.7. The van der Waals surface area contributed by atoms with Crippen LogP contribution in [0.5, 0.6) is 5.75 Å². The van der Waals surface area contributed by atoms with E-state index in [9.17, 15) is 4.79 Å². The van der Waals surface area contributed by atoms with E-state index in [1.54, 1.807) is 18.4 Å². The molecular formula is C18H18N2O3S. The summed E-state index contributed by atoms with van der Waals surface area (Å²) in [5, 5.41) is 4.43. The molecule has 0 unspecified atom stereocenters. The van der Waals surface area contributed by atoms with Crippen molar-refractivity contribution in [2.24, 2.45) is 0 Å². The van der Waals surface area contributed by atoms with E-state index in [1.165, 1.54) is 17.7 Å². The number of rotatable bonds is 3. The number of aryl methyl sites for hydroxylation is 3. The molecule has 1 N–H and O–H groups in total. The monoisotopic (exact) mass is 342 g/mol. The predicted octanol–water partition coefficient (Wildman–Crippen LogP) is 4.34. The zero-order chi connectivity index (χ0) is 16.7. The molecule has 1 aromatic carbocycles. The maximum Gasteiger partial charge on any atom is 0.293 e. The van der Waals surface area contributed by atoms with Crippen LogP contribution in [0.3, 0.4) is 0 Å². The molecule has 24 heavy (non-hydrogen) atoms. The molecule has 0 saturated carbocycles. The fourth-order valence-corrected chi connectivity index (χ4v) is 4.15. The number of hydrogen-bond acceptors (Lipinski definition) is 5. The minimum atomic E-state index is -0.256. The van der Waals surface area contributed by atoms with Crippen molar-refractivity contribution < 1.29 is 13.9 Å². The van der Waals surface area contributed by atoms with E-state index in [2.05, 4.69) is 10.3 Å². The van der Waals surface area contributed by atoms with Crippen molar-refractivity contribution in [1.29, 1.82) is 0 Å². The largest absolute Gasteiger partial charge is 0.497 e. The Kier molecular flexibility index (Phi) is 3.76. The molecule has 5 nitrogen and oxygen atoms in total. The van der Waals surface area contributed by atoms with Crippen molar-refractivity contribution in [1.82, 2.24) is 4.98 Å². The van der Waals surface area contributed by atoms with Gasteiger partial charge in [-0.1, -0.05) is 0 Å². The Labute approximate surface area is 143 Å². The van der Waals surface area contributed by atoms with E-state index in [4.69, 9.17) is 9.15 Å². The SMILES string of the molecule is COc1ccc2oc(C(=O)Nc3nc4c(s3)CCCC4)c(C)c2c1. The number of carbonyl (C=O) groups excluding carboxylic acids is 1. The molecule has 1 amide bonds. The van der Waals surface area contributed by atoms with Gasteiger partial charge >= 0.3 is 0 Å². The van der Waals surface area contributed by atoms with Crippen LogP contribution in [0.15, 0.2) is 22.6 Å². The number of hydrogen-bond donors (Lipinski definition) is 1. The lowest BCUT2D eigenvalue weighted by Crippen LogP contribution is -2.12. The first-order valence-corrected chi connectivity index (χ1v) is 8.84. The van der Waals surface area contributed by atoms with Gasteiger partial charge in [-0.15, -0.1) is 11.3 Å². The number of nitrogens with one attached hydrogen (secondary N) is 1. The van der Waals surface area contributed by atoms with E-state index in [0.29, 0.717) is 16.5 Å². The van der Waals surface area contributed by atoms with E-state index in [0.717, 1.165) is 35.2 Å². The number of fused-ring (bicyclic) bond motifs is 2. The van der Waals surface area contributed by atoms with Gasteiger partial charge in [0.2, 0.25) is 0 Å². The minimum absolute atomic E-state index is 0.256. The fourth-order valence-electron chi connectivity index (χ4n) is 3.10. The Morgan fingerprint density at radius 1 is 1.33 bits per heavy atom. The summed E-state index contributed by atoms with van der Waals surface area (Å²) < 4.78 is 11.0. The van der Waals surface area contributed by atoms with Crippen LogP contribution in [0, 0.1) is 6.92 Å².